The number of hydrogen-bond acceptors (Lipinski definition) is 2. The standard InChI is InChI=1S/C11H12N2O/c1-7-11(8(2)13-12-7)9-4-3-5-10(14)6-9/h3-6,14H,1-2H3,(H,12,13). The van der Waals surface area contributed by atoms with Crippen LogP contribution in [0, 0.1) is 13.8 Å². The first-order chi connectivity index (χ1) is 6.68. The van der Waals surface area contributed by atoms with Crippen LogP contribution in [0.5, 0.6) is 5.75 Å². The lowest BCUT2D eigenvalue weighted by Crippen LogP contribution is -1.81. The van der Waals surface area contributed by atoms with E-state index in [1.165, 1.54) is 0 Å². The summed E-state index contributed by atoms with van der Waals surface area (Å²) in [5, 5.41) is 16.4. The number of aromatic nitrogens is 2. The van der Waals surface area contributed by atoms with Crippen molar-refractivity contribution in [3.05, 3.63) is 35.7 Å². The van der Waals surface area contributed by atoms with E-state index in [4.69, 9.17) is 0 Å². The normalized spacial score (nSPS) is 10.4. The largest absolute Gasteiger partial charge is 0.508 e. The molecule has 3 heteroatoms. The van der Waals surface area contributed by atoms with Gasteiger partial charge in [-0.3, -0.25) is 5.10 Å². The van der Waals surface area contributed by atoms with Crippen LogP contribution in [0.3, 0.4) is 0 Å². The molecule has 0 spiro atoms. The fraction of sp³-hybridized carbons (Fsp3) is 0.182. The predicted octanol–water partition coefficient (Wildman–Crippen LogP) is 2.40. The van der Waals surface area contributed by atoms with Gasteiger partial charge >= 0.3 is 0 Å². The maximum Gasteiger partial charge on any atom is 0.116 e. The van der Waals surface area contributed by atoms with Crippen molar-refractivity contribution in [1.82, 2.24) is 10.2 Å². The van der Waals surface area contributed by atoms with Crippen LogP contribution in [-0.2, 0) is 0 Å². The van der Waals surface area contributed by atoms with Gasteiger partial charge in [-0.15, -0.1) is 0 Å². The highest BCUT2D eigenvalue weighted by Gasteiger charge is 2.08. The van der Waals surface area contributed by atoms with Crippen molar-refractivity contribution in [3.63, 3.8) is 0 Å². The highest BCUT2D eigenvalue weighted by molar-refractivity contribution is 5.69. The van der Waals surface area contributed by atoms with Crippen LogP contribution in [0.4, 0.5) is 0 Å². The average Bonchev–Trinajstić information content (AvgIpc) is 2.46. The quantitative estimate of drug-likeness (QED) is 0.722. The highest BCUT2D eigenvalue weighted by Crippen LogP contribution is 2.27. The molecule has 0 fully saturated rings. The average molecular weight is 188 g/mol. The Morgan fingerprint density at radius 2 is 2.07 bits per heavy atom. The number of phenols is 1. The summed E-state index contributed by atoms with van der Waals surface area (Å²) in [7, 11) is 0. The summed E-state index contributed by atoms with van der Waals surface area (Å²) < 4.78 is 0. The van der Waals surface area contributed by atoms with E-state index in [2.05, 4.69) is 10.2 Å². The van der Waals surface area contributed by atoms with Crippen LogP contribution >= 0.6 is 0 Å². The van der Waals surface area contributed by atoms with Crippen molar-refractivity contribution in [2.24, 2.45) is 0 Å². The number of aromatic hydroxyl groups is 1. The molecule has 0 unspecified atom stereocenters. The van der Waals surface area contributed by atoms with Crippen LogP contribution in [0.25, 0.3) is 11.1 Å². The molecule has 0 atom stereocenters. The maximum atomic E-state index is 9.36. The first-order valence-corrected chi connectivity index (χ1v) is 4.49. The maximum absolute atomic E-state index is 9.36. The van der Waals surface area contributed by atoms with Crippen molar-refractivity contribution in [2.45, 2.75) is 13.8 Å². The Bertz CT molecular complexity index is 441. The number of nitrogens with zero attached hydrogens (tertiary/aromatic N) is 1. The number of rotatable bonds is 1. The van der Waals surface area contributed by atoms with Crippen LogP contribution < -0.4 is 0 Å². The van der Waals surface area contributed by atoms with E-state index in [9.17, 15) is 5.11 Å². The number of H-pyrrole nitrogens is 1. The zero-order chi connectivity index (χ0) is 10.1. The molecule has 0 saturated carbocycles. The second kappa shape index (κ2) is 3.18. The lowest BCUT2D eigenvalue weighted by Gasteiger charge is -2.01. The van der Waals surface area contributed by atoms with Gasteiger partial charge in [0.15, 0.2) is 0 Å². The summed E-state index contributed by atoms with van der Waals surface area (Å²) in [5.74, 6) is 0.280. The molecule has 0 amide bonds. The van der Waals surface area contributed by atoms with Gasteiger partial charge in [0.2, 0.25) is 0 Å². The Hall–Kier alpha value is -1.77. The van der Waals surface area contributed by atoms with E-state index in [0.717, 1.165) is 22.5 Å². The first-order valence-electron chi connectivity index (χ1n) is 4.49. The Labute approximate surface area is 82.4 Å². The Kier molecular flexibility index (Phi) is 2.00. The minimum Gasteiger partial charge on any atom is -0.508 e. The van der Waals surface area contributed by atoms with Crippen molar-refractivity contribution >= 4 is 0 Å². The molecule has 2 aromatic rings. The van der Waals surface area contributed by atoms with Gasteiger partial charge < -0.3 is 5.11 Å². The molecule has 1 aromatic heterocycles. The molecule has 3 nitrogen and oxygen atoms in total. The number of aromatic amines is 1. The third-order valence-electron chi connectivity index (χ3n) is 2.26. The molecule has 14 heavy (non-hydrogen) atoms. The van der Waals surface area contributed by atoms with Gasteiger partial charge in [0, 0.05) is 11.3 Å². The lowest BCUT2D eigenvalue weighted by molar-refractivity contribution is 0.475. The SMILES string of the molecule is Cc1n[nH]c(C)c1-c1cccc(O)c1. The zero-order valence-corrected chi connectivity index (χ0v) is 8.20. The molecule has 0 bridgehead atoms. The summed E-state index contributed by atoms with van der Waals surface area (Å²) >= 11 is 0. The summed E-state index contributed by atoms with van der Waals surface area (Å²) in [4.78, 5) is 0. The van der Waals surface area contributed by atoms with E-state index in [-0.39, 0.29) is 5.75 Å². The van der Waals surface area contributed by atoms with Crippen molar-refractivity contribution in [3.8, 4) is 16.9 Å². The summed E-state index contributed by atoms with van der Waals surface area (Å²) in [6, 6.07) is 7.19. The third kappa shape index (κ3) is 1.37. The highest BCUT2D eigenvalue weighted by atomic mass is 16.3. The molecule has 0 aliphatic rings. The monoisotopic (exact) mass is 188 g/mol. The zero-order valence-electron chi connectivity index (χ0n) is 8.20. The molecule has 0 radical (unpaired) electrons. The Morgan fingerprint density at radius 3 is 2.64 bits per heavy atom. The van der Waals surface area contributed by atoms with Crippen molar-refractivity contribution in [2.75, 3.05) is 0 Å². The summed E-state index contributed by atoms with van der Waals surface area (Å²) in [6.07, 6.45) is 0. The fourth-order valence-corrected chi connectivity index (χ4v) is 1.64. The van der Waals surface area contributed by atoms with Gasteiger partial charge in [-0.25, -0.2) is 0 Å². The molecule has 0 aliphatic carbocycles. The van der Waals surface area contributed by atoms with Crippen molar-refractivity contribution < 1.29 is 5.11 Å². The second-order valence-corrected chi connectivity index (χ2v) is 3.36. The number of hydrogen-bond donors (Lipinski definition) is 2. The first kappa shape index (κ1) is 8.81. The van der Waals surface area contributed by atoms with Crippen LogP contribution in [-0.4, -0.2) is 15.3 Å². The molecule has 1 aromatic carbocycles. The van der Waals surface area contributed by atoms with Gasteiger partial charge in [0.25, 0.3) is 0 Å². The Morgan fingerprint density at radius 1 is 1.29 bits per heavy atom. The molecule has 0 saturated heterocycles. The van der Waals surface area contributed by atoms with Crippen LogP contribution in [0.15, 0.2) is 24.3 Å². The third-order valence-corrected chi connectivity index (χ3v) is 2.26. The molecule has 0 aliphatic heterocycles. The van der Waals surface area contributed by atoms with Gasteiger partial charge in [-0.1, -0.05) is 12.1 Å². The van der Waals surface area contributed by atoms with Crippen LogP contribution in [0.1, 0.15) is 11.4 Å². The summed E-state index contributed by atoms with van der Waals surface area (Å²) in [6.45, 7) is 3.92. The van der Waals surface area contributed by atoms with E-state index < -0.39 is 0 Å². The predicted molar refractivity (Wildman–Crippen MR) is 55.2 cm³/mol. The van der Waals surface area contributed by atoms with Gasteiger partial charge in [-0.05, 0) is 31.5 Å². The number of aryl methyl sites for hydroxylation is 2. The molecule has 2 N–H and O–H groups in total. The van der Waals surface area contributed by atoms with E-state index in [0.29, 0.717) is 0 Å². The van der Waals surface area contributed by atoms with Gasteiger partial charge in [0.05, 0.1) is 5.69 Å². The molecule has 2 rings (SSSR count). The molecular formula is C11H12N2O. The van der Waals surface area contributed by atoms with E-state index in [1.54, 1.807) is 12.1 Å². The van der Waals surface area contributed by atoms with E-state index >= 15 is 0 Å². The molecule has 72 valence electrons. The molecular weight excluding hydrogens is 176 g/mol. The minimum absolute atomic E-state index is 0.280. The summed E-state index contributed by atoms with van der Waals surface area (Å²) in [5.41, 5.74) is 4.04. The number of benzene rings is 1. The van der Waals surface area contributed by atoms with Crippen LogP contribution in [0.2, 0.25) is 0 Å². The van der Waals surface area contributed by atoms with Crippen molar-refractivity contribution in [1.29, 1.82) is 0 Å². The second-order valence-electron chi connectivity index (χ2n) is 3.36. The fourth-order valence-electron chi connectivity index (χ4n) is 1.64. The topological polar surface area (TPSA) is 48.9 Å². The lowest BCUT2D eigenvalue weighted by atomic mass is 10.0. The smallest absolute Gasteiger partial charge is 0.116 e. The Balaban J connectivity index is 2.59. The van der Waals surface area contributed by atoms with Gasteiger partial charge in [-0.2, -0.15) is 5.10 Å². The van der Waals surface area contributed by atoms with E-state index in [1.807, 2.05) is 26.0 Å². The molecule has 1 heterocycles. The number of phenolic OH excluding ortho intramolecular Hbond substituents is 1. The van der Waals surface area contributed by atoms with Gasteiger partial charge in [0.1, 0.15) is 5.75 Å². The minimum atomic E-state index is 0.280. The number of nitrogens with one attached hydrogen (secondary N) is 1.